The third-order valence-corrected chi connectivity index (χ3v) is 9.92. The monoisotopic (exact) mass is 590 g/mol. The minimum Gasteiger partial charge on any atom is -0.338 e. The highest BCUT2D eigenvalue weighted by Crippen LogP contribution is 2.57. The second-order valence-electron chi connectivity index (χ2n) is 8.41. The maximum Gasteiger partial charge on any atom is 0.241 e. The van der Waals surface area contributed by atoms with Crippen LogP contribution in [0.1, 0.15) is 22.8 Å². The smallest absolute Gasteiger partial charge is 0.241 e. The zero-order chi connectivity index (χ0) is 25.5. The fourth-order valence-corrected chi connectivity index (χ4v) is 7.82. The molecule has 1 aliphatic heterocycles. The summed E-state index contributed by atoms with van der Waals surface area (Å²) in [6.07, 6.45) is 0.397. The molecule has 188 valence electrons. The number of carbonyl (C=O) groups excluding carboxylic acids is 1. The van der Waals surface area contributed by atoms with E-state index >= 15 is 0 Å². The number of rotatable bonds is 7. The van der Waals surface area contributed by atoms with Crippen LogP contribution >= 0.6 is 26.7 Å². The summed E-state index contributed by atoms with van der Waals surface area (Å²) in [5.74, 6) is 0.0656. The first-order valence-electron chi connectivity index (χ1n) is 11.0. The molecule has 9 nitrogen and oxygen atoms in total. The van der Waals surface area contributed by atoms with Crippen LogP contribution in [0, 0.1) is 0 Å². The molecule has 1 atom stereocenters. The Labute approximate surface area is 218 Å². The first-order valence-corrected chi connectivity index (χ1v) is 14.9. The lowest BCUT2D eigenvalue weighted by atomic mass is 10.1. The number of benzene rings is 3. The number of hydrogen-bond acceptors (Lipinski definition) is 6. The van der Waals surface area contributed by atoms with Crippen molar-refractivity contribution >= 4 is 53.7 Å². The Hall–Kier alpha value is -2.74. The Morgan fingerprint density at radius 2 is 1.83 bits per heavy atom. The van der Waals surface area contributed by atoms with Crippen LogP contribution in [0.3, 0.4) is 0 Å². The van der Waals surface area contributed by atoms with Crippen LogP contribution < -0.4 is 9.44 Å². The summed E-state index contributed by atoms with van der Waals surface area (Å²) in [5.41, 5.74) is 3.50. The molecular weight excluding hydrogens is 568 g/mol. The van der Waals surface area contributed by atoms with E-state index in [1.807, 2.05) is 24.3 Å². The maximum atomic E-state index is 13.2. The van der Waals surface area contributed by atoms with E-state index in [-0.39, 0.29) is 17.9 Å². The fraction of sp³-hybridized carbons (Fsp3) is 0.167. The van der Waals surface area contributed by atoms with Gasteiger partial charge in [-0.05, 0) is 47.9 Å². The molecule has 5 N–H and O–H groups in total. The third-order valence-electron chi connectivity index (χ3n) is 5.97. The minimum absolute atomic E-state index is 0.00921. The topological polar surface area (TPSA) is 144 Å². The van der Waals surface area contributed by atoms with E-state index in [4.69, 9.17) is 0 Å². The first-order chi connectivity index (χ1) is 17.1. The summed E-state index contributed by atoms with van der Waals surface area (Å²) >= 11 is 3.45. The second-order valence-corrected chi connectivity index (χ2v) is 13.0. The molecule has 0 spiro atoms. The van der Waals surface area contributed by atoms with Gasteiger partial charge in [-0.3, -0.25) is 18.6 Å². The summed E-state index contributed by atoms with van der Waals surface area (Å²) in [7, 11) is -7.09. The number of sulfonamides is 1. The van der Waals surface area contributed by atoms with Crippen LogP contribution in [-0.4, -0.2) is 39.9 Å². The van der Waals surface area contributed by atoms with Crippen LogP contribution in [0.25, 0.3) is 22.4 Å². The van der Waals surface area contributed by atoms with Crippen molar-refractivity contribution in [3.63, 3.8) is 0 Å². The standard InChI is InChI=1S/C24H23BrN4O5S2/c25-18-13-15(9-10-16(18)22-14-23(30)29-36(22,33)34)11-12-26-35(31,32)21-8-4-1-5-17(21)24-27-19-6-2-3-7-20(19)28-24/h1-10,13,22,26,33-34H,11-12,14H2,(H,27,28)(H,29,30). The molecule has 36 heavy (non-hydrogen) atoms. The molecule has 1 saturated heterocycles. The lowest BCUT2D eigenvalue weighted by Gasteiger charge is -2.33. The molecular formula is C24H23BrN4O5S2. The molecule has 0 aliphatic carbocycles. The largest absolute Gasteiger partial charge is 0.338 e. The fourth-order valence-electron chi connectivity index (χ4n) is 4.22. The van der Waals surface area contributed by atoms with Gasteiger partial charge in [-0.15, -0.1) is 10.8 Å². The van der Waals surface area contributed by atoms with Gasteiger partial charge in [-0.2, -0.15) is 0 Å². The third kappa shape index (κ3) is 4.92. The molecule has 1 aromatic heterocycles. The molecule has 0 bridgehead atoms. The number of amides is 1. The van der Waals surface area contributed by atoms with Crippen molar-refractivity contribution in [3.05, 3.63) is 82.3 Å². The van der Waals surface area contributed by atoms with Crippen LogP contribution in [0.15, 0.2) is 76.1 Å². The number of nitrogens with one attached hydrogen (secondary N) is 3. The Balaban J connectivity index is 1.31. The number of para-hydroxylation sites is 2. The number of carbonyl (C=O) groups is 1. The van der Waals surface area contributed by atoms with Crippen molar-refractivity contribution in [2.45, 2.75) is 23.0 Å². The summed E-state index contributed by atoms with van der Waals surface area (Å²) in [4.78, 5) is 19.5. The molecule has 12 heteroatoms. The zero-order valence-corrected chi connectivity index (χ0v) is 22.0. The van der Waals surface area contributed by atoms with Crippen molar-refractivity contribution in [3.8, 4) is 11.4 Å². The molecule has 3 aromatic carbocycles. The lowest BCUT2D eigenvalue weighted by molar-refractivity contribution is -0.118. The molecule has 0 radical (unpaired) electrons. The SMILES string of the molecule is O=C1CC(c2ccc(CCNS(=O)(=O)c3ccccc3-c3nc4ccccc4[nH]3)cc2Br)S(O)(O)N1. The average molecular weight is 592 g/mol. The number of imidazole rings is 1. The highest BCUT2D eigenvalue weighted by molar-refractivity contribution is 9.10. The predicted octanol–water partition coefficient (Wildman–Crippen LogP) is 4.74. The Morgan fingerprint density at radius 3 is 2.56 bits per heavy atom. The summed E-state index contributed by atoms with van der Waals surface area (Å²) in [6.45, 7) is 0.154. The van der Waals surface area contributed by atoms with Gasteiger partial charge in [0.2, 0.25) is 15.9 Å². The Kier molecular flexibility index (Phi) is 6.66. The Morgan fingerprint density at radius 1 is 1.08 bits per heavy atom. The van der Waals surface area contributed by atoms with Crippen molar-refractivity contribution in [2.75, 3.05) is 6.54 Å². The van der Waals surface area contributed by atoms with E-state index in [9.17, 15) is 22.3 Å². The van der Waals surface area contributed by atoms with Crippen LogP contribution in [0.4, 0.5) is 0 Å². The number of halogens is 1. The van der Waals surface area contributed by atoms with Gasteiger partial charge in [-0.25, -0.2) is 18.1 Å². The number of aromatic amines is 1. The number of fused-ring (bicyclic) bond motifs is 1. The molecule has 1 fully saturated rings. The maximum absolute atomic E-state index is 13.2. The van der Waals surface area contributed by atoms with Crippen LogP contribution in [0.5, 0.6) is 0 Å². The van der Waals surface area contributed by atoms with Gasteiger partial charge >= 0.3 is 0 Å². The predicted molar refractivity (Wildman–Crippen MR) is 143 cm³/mol. The zero-order valence-electron chi connectivity index (χ0n) is 18.8. The van der Waals surface area contributed by atoms with Gasteiger partial charge in [0, 0.05) is 16.6 Å². The van der Waals surface area contributed by atoms with Gasteiger partial charge in [0.25, 0.3) is 0 Å². The van der Waals surface area contributed by atoms with Crippen molar-refractivity contribution in [1.82, 2.24) is 19.4 Å². The minimum atomic E-state index is -3.83. The highest BCUT2D eigenvalue weighted by Gasteiger charge is 2.39. The summed E-state index contributed by atoms with van der Waals surface area (Å²) < 4.78 is 52.2. The van der Waals surface area contributed by atoms with E-state index in [0.29, 0.717) is 27.8 Å². The molecule has 2 heterocycles. The molecule has 5 rings (SSSR count). The van der Waals surface area contributed by atoms with Crippen molar-refractivity contribution < 1.29 is 22.3 Å². The van der Waals surface area contributed by atoms with Gasteiger partial charge < -0.3 is 4.98 Å². The molecule has 1 unspecified atom stereocenters. The van der Waals surface area contributed by atoms with E-state index in [1.54, 1.807) is 42.5 Å². The highest BCUT2D eigenvalue weighted by atomic mass is 79.9. The normalized spacial score (nSPS) is 18.3. The van der Waals surface area contributed by atoms with Crippen LogP contribution in [-0.2, 0) is 21.2 Å². The molecule has 1 aliphatic rings. The van der Waals surface area contributed by atoms with E-state index in [1.165, 1.54) is 0 Å². The summed E-state index contributed by atoms with van der Waals surface area (Å²) in [5, 5.41) is -0.735. The molecule has 0 saturated carbocycles. The molecule has 4 aromatic rings. The Bertz CT molecular complexity index is 1540. The van der Waals surface area contributed by atoms with E-state index in [2.05, 4.69) is 35.3 Å². The number of hydrogen-bond donors (Lipinski definition) is 5. The van der Waals surface area contributed by atoms with E-state index < -0.39 is 32.0 Å². The number of H-pyrrole nitrogens is 1. The van der Waals surface area contributed by atoms with Crippen LogP contribution in [0.2, 0.25) is 0 Å². The molecule has 1 amide bonds. The van der Waals surface area contributed by atoms with Gasteiger partial charge in [0.15, 0.2) is 0 Å². The van der Waals surface area contributed by atoms with Gasteiger partial charge in [0.1, 0.15) is 11.1 Å². The number of aromatic nitrogens is 2. The second kappa shape index (κ2) is 9.61. The summed E-state index contributed by atoms with van der Waals surface area (Å²) in [6, 6.07) is 19.5. The van der Waals surface area contributed by atoms with E-state index in [0.717, 1.165) is 16.6 Å². The first kappa shape index (κ1) is 24.9. The van der Waals surface area contributed by atoms with Gasteiger partial charge in [-0.1, -0.05) is 52.3 Å². The van der Waals surface area contributed by atoms with Crippen molar-refractivity contribution in [2.24, 2.45) is 0 Å². The lowest BCUT2D eigenvalue weighted by Crippen LogP contribution is -2.26. The average Bonchev–Trinajstić information content (AvgIpc) is 3.38. The van der Waals surface area contributed by atoms with Crippen molar-refractivity contribution in [1.29, 1.82) is 0 Å². The quantitative estimate of drug-likeness (QED) is 0.210. The van der Waals surface area contributed by atoms with Gasteiger partial charge in [0.05, 0.1) is 22.3 Å². The number of nitrogens with zero attached hydrogens (tertiary/aromatic N) is 1.